The molecule has 2 amide bonds. The summed E-state index contributed by atoms with van der Waals surface area (Å²) in [5.74, 6) is 0.0335. The van der Waals surface area contributed by atoms with E-state index in [1.807, 2.05) is 42.5 Å². The second-order valence-electron chi connectivity index (χ2n) is 7.89. The quantitative estimate of drug-likeness (QED) is 0.593. The van der Waals surface area contributed by atoms with Gasteiger partial charge in [-0.15, -0.1) is 0 Å². The molecule has 152 valence electrons. The molecule has 0 radical (unpaired) electrons. The van der Waals surface area contributed by atoms with Crippen LogP contribution in [0.1, 0.15) is 24.3 Å². The van der Waals surface area contributed by atoms with E-state index < -0.39 is 5.54 Å². The molecule has 3 atom stereocenters. The van der Waals surface area contributed by atoms with Crippen molar-refractivity contribution in [3.63, 3.8) is 0 Å². The predicted molar refractivity (Wildman–Crippen MR) is 109 cm³/mol. The first-order valence-electron chi connectivity index (χ1n) is 9.68. The highest BCUT2D eigenvalue weighted by Gasteiger charge is 2.58. The number of nitrogen functional groups attached to an aromatic ring is 1. The van der Waals surface area contributed by atoms with Crippen molar-refractivity contribution >= 4 is 29.8 Å². The van der Waals surface area contributed by atoms with Crippen LogP contribution >= 0.6 is 0 Å². The number of nitrogens with one attached hydrogen (secondary N) is 1. The number of benzene rings is 1. The normalized spacial score (nSPS) is 24.6. The summed E-state index contributed by atoms with van der Waals surface area (Å²) in [7, 11) is 1.61. The molecule has 1 unspecified atom stereocenters. The molecule has 1 fully saturated rings. The summed E-state index contributed by atoms with van der Waals surface area (Å²) in [5, 5.41) is 7.42. The van der Waals surface area contributed by atoms with Crippen molar-refractivity contribution in [2.75, 3.05) is 25.9 Å². The van der Waals surface area contributed by atoms with E-state index in [1.165, 1.54) is 4.90 Å². The Morgan fingerprint density at radius 1 is 1.34 bits per heavy atom. The Morgan fingerprint density at radius 3 is 2.86 bits per heavy atom. The summed E-state index contributed by atoms with van der Waals surface area (Å²) in [6.45, 7) is 0.411. The Hall–Kier alpha value is -3.13. The van der Waals surface area contributed by atoms with Crippen LogP contribution in [0.5, 0.6) is 0 Å². The van der Waals surface area contributed by atoms with E-state index in [2.05, 4.69) is 10.5 Å². The number of hydrogen-bond acceptors (Lipinski definition) is 6. The van der Waals surface area contributed by atoms with Gasteiger partial charge < -0.3 is 26.2 Å². The van der Waals surface area contributed by atoms with Crippen molar-refractivity contribution in [1.82, 2.24) is 15.4 Å². The number of aromatic nitrogens is 1. The lowest BCUT2D eigenvalue weighted by atomic mass is 10.0. The van der Waals surface area contributed by atoms with Crippen molar-refractivity contribution in [2.45, 2.75) is 24.3 Å². The van der Waals surface area contributed by atoms with Crippen molar-refractivity contribution < 1.29 is 14.1 Å². The molecule has 1 aromatic carbocycles. The van der Waals surface area contributed by atoms with Gasteiger partial charge in [0.05, 0.1) is 11.8 Å². The second kappa shape index (κ2) is 7.36. The van der Waals surface area contributed by atoms with Crippen molar-refractivity contribution in [2.24, 2.45) is 11.7 Å². The first kappa shape index (κ1) is 19.2. The Kier molecular flexibility index (Phi) is 4.87. The van der Waals surface area contributed by atoms with Crippen molar-refractivity contribution in [3.05, 3.63) is 46.5 Å². The largest absolute Gasteiger partial charge is 0.380 e. The lowest BCUT2D eigenvalue weighted by Crippen LogP contribution is -2.48. The lowest BCUT2D eigenvalue weighted by molar-refractivity contribution is -0.136. The Morgan fingerprint density at radius 2 is 2.10 bits per heavy atom. The maximum atomic E-state index is 12.8. The molecular weight excluding hydrogens is 370 g/mol. The van der Waals surface area contributed by atoms with Crippen LogP contribution in [0.25, 0.3) is 12.2 Å². The highest BCUT2D eigenvalue weighted by Crippen LogP contribution is 2.50. The SMILES string of the molecule is CN(CC(=O)NCC1C=c2onc(N)c2=CC1)C(=O)[C@]1(N)C[C@H]1c1ccccc1. The molecule has 29 heavy (non-hydrogen) atoms. The second-order valence-corrected chi connectivity index (χ2v) is 7.89. The van der Waals surface area contributed by atoms with Crippen LogP contribution in [0.15, 0.2) is 34.9 Å². The number of nitrogens with two attached hydrogens (primary N) is 2. The molecule has 2 aromatic rings. The molecule has 5 N–H and O–H groups in total. The number of amides is 2. The average Bonchev–Trinajstić information content (AvgIpc) is 3.30. The van der Waals surface area contributed by atoms with E-state index in [0.717, 1.165) is 17.2 Å². The summed E-state index contributed by atoms with van der Waals surface area (Å²) < 4.78 is 5.17. The molecule has 8 heteroatoms. The third-order valence-corrected chi connectivity index (χ3v) is 5.69. The molecular formula is C21H25N5O3. The van der Waals surface area contributed by atoms with E-state index in [1.54, 1.807) is 7.05 Å². The predicted octanol–water partition coefficient (Wildman–Crippen LogP) is -0.703. The van der Waals surface area contributed by atoms with Gasteiger partial charge in [-0.2, -0.15) is 0 Å². The number of carbonyl (C=O) groups excluding carboxylic acids is 2. The van der Waals surface area contributed by atoms with Gasteiger partial charge in [-0.1, -0.05) is 41.6 Å². The van der Waals surface area contributed by atoms with Crippen LogP contribution in [-0.2, 0) is 9.59 Å². The van der Waals surface area contributed by atoms with Crippen LogP contribution in [0.4, 0.5) is 5.82 Å². The van der Waals surface area contributed by atoms with Gasteiger partial charge in [-0.25, -0.2) is 0 Å². The standard InChI is InChI=1S/C21H25N5O3/c1-26(20(28)21(23)10-16(21)14-5-3-2-4-6-14)12-18(27)24-11-13-7-8-15-17(9-13)29-25-19(15)22/h2-6,8-9,13,16H,7,10-12,23H2,1H3,(H2,22,25)(H,24,27)/t13?,16-,21-/m0/s1. The minimum atomic E-state index is -0.925. The molecule has 0 aliphatic heterocycles. The molecule has 4 rings (SSSR count). The highest BCUT2D eigenvalue weighted by atomic mass is 16.5. The minimum absolute atomic E-state index is 0.00220. The number of carbonyl (C=O) groups is 2. The van der Waals surface area contributed by atoms with E-state index in [4.69, 9.17) is 16.0 Å². The summed E-state index contributed by atoms with van der Waals surface area (Å²) in [5.41, 5.74) is 12.8. The van der Waals surface area contributed by atoms with Crippen LogP contribution in [-0.4, -0.2) is 47.5 Å². The van der Waals surface area contributed by atoms with Gasteiger partial charge in [-0.3, -0.25) is 9.59 Å². The van der Waals surface area contributed by atoms with Crippen LogP contribution < -0.4 is 27.4 Å². The third-order valence-electron chi connectivity index (χ3n) is 5.69. The lowest BCUT2D eigenvalue weighted by Gasteiger charge is -2.22. The van der Waals surface area contributed by atoms with E-state index >= 15 is 0 Å². The summed E-state index contributed by atoms with van der Waals surface area (Å²) in [6, 6.07) is 9.76. The Bertz CT molecular complexity index is 1050. The van der Waals surface area contributed by atoms with E-state index in [9.17, 15) is 9.59 Å². The number of rotatable bonds is 6. The molecule has 1 aromatic heterocycles. The number of fused-ring (bicyclic) bond motifs is 1. The first-order valence-corrected chi connectivity index (χ1v) is 9.68. The van der Waals surface area contributed by atoms with Crippen LogP contribution in [0.3, 0.4) is 0 Å². The molecule has 2 aliphatic rings. The van der Waals surface area contributed by atoms with Crippen molar-refractivity contribution in [3.8, 4) is 0 Å². The molecule has 1 saturated carbocycles. The van der Waals surface area contributed by atoms with Crippen molar-refractivity contribution in [1.29, 1.82) is 0 Å². The van der Waals surface area contributed by atoms with Gasteiger partial charge in [0.15, 0.2) is 11.2 Å². The van der Waals surface area contributed by atoms with Gasteiger partial charge in [0.2, 0.25) is 11.8 Å². The zero-order chi connectivity index (χ0) is 20.6. The maximum absolute atomic E-state index is 12.8. The van der Waals surface area contributed by atoms with Gasteiger partial charge in [0, 0.05) is 25.4 Å². The zero-order valence-electron chi connectivity index (χ0n) is 16.3. The number of nitrogens with zero attached hydrogens (tertiary/aromatic N) is 2. The average molecular weight is 395 g/mol. The fraction of sp³-hybridized carbons (Fsp3) is 0.381. The van der Waals surface area contributed by atoms with Crippen LogP contribution in [0.2, 0.25) is 0 Å². The van der Waals surface area contributed by atoms with Gasteiger partial charge in [0.25, 0.3) is 0 Å². The summed E-state index contributed by atoms with van der Waals surface area (Å²) >= 11 is 0. The number of likely N-dealkylation sites (N-methyl/N-ethyl adjacent to an activating group) is 1. The first-order chi connectivity index (χ1) is 13.9. The fourth-order valence-electron chi connectivity index (χ4n) is 3.90. The maximum Gasteiger partial charge on any atom is 0.243 e. The summed E-state index contributed by atoms with van der Waals surface area (Å²) in [4.78, 5) is 26.5. The molecule has 0 saturated heterocycles. The molecule has 2 aliphatic carbocycles. The Labute approximate surface area is 168 Å². The third kappa shape index (κ3) is 3.75. The van der Waals surface area contributed by atoms with E-state index in [-0.39, 0.29) is 30.2 Å². The molecule has 8 nitrogen and oxygen atoms in total. The van der Waals surface area contributed by atoms with Gasteiger partial charge >= 0.3 is 0 Å². The van der Waals surface area contributed by atoms with Gasteiger partial charge in [0.1, 0.15) is 5.54 Å². The minimum Gasteiger partial charge on any atom is -0.380 e. The van der Waals surface area contributed by atoms with Gasteiger partial charge in [-0.05, 0) is 24.5 Å². The zero-order valence-corrected chi connectivity index (χ0v) is 16.3. The van der Waals surface area contributed by atoms with E-state index in [0.29, 0.717) is 24.2 Å². The molecule has 0 spiro atoms. The topological polar surface area (TPSA) is 127 Å². The summed E-state index contributed by atoms with van der Waals surface area (Å²) in [6.07, 6.45) is 5.20. The van der Waals surface area contributed by atoms with Crippen LogP contribution in [0, 0.1) is 5.92 Å². The monoisotopic (exact) mass is 395 g/mol. The molecule has 1 heterocycles. The molecule has 0 bridgehead atoms. The fourth-order valence-corrected chi connectivity index (χ4v) is 3.90. The number of hydrogen-bond donors (Lipinski definition) is 3. The smallest absolute Gasteiger partial charge is 0.243 e. The highest BCUT2D eigenvalue weighted by molar-refractivity contribution is 5.94. The number of anilines is 1. The Balaban J connectivity index is 1.29.